The van der Waals surface area contributed by atoms with Crippen LogP contribution in [-0.2, 0) is 15.7 Å². The molecule has 1 atom stereocenters. The van der Waals surface area contributed by atoms with Crippen LogP contribution in [-0.4, -0.2) is 25.3 Å². The molecule has 0 aromatic heterocycles. The van der Waals surface area contributed by atoms with Crippen molar-refractivity contribution in [3.63, 3.8) is 0 Å². The van der Waals surface area contributed by atoms with Gasteiger partial charge in [-0.15, -0.1) is 0 Å². The number of hydrogen-bond acceptors (Lipinski definition) is 4. The summed E-state index contributed by atoms with van der Waals surface area (Å²) in [7, 11) is 0. The van der Waals surface area contributed by atoms with Gasteiger partial charge in [0.15, 0.2) is 5.75 Å². The van der Waals surface area contributed by atoms with Gasteiger partial charge in [0.2, 0.25) is 6.10 Å². The largest absolute Gasteiger partial charge is 0.486 e. The second-order valence-corrected chi connectivity index (χ2v) is 6.83. The van der Waals surface area contributed by atoms with Crippen molar-refractivity contribution in [3.8, 4) is 11.5 Å². The number of carbonyl (C=O) groups is 1. The Morgan fingerprint density at radius 1 is 1.10 bits per heavy atom. The molecule has 0 aliphatic rings. The van der Waals surface area contributed by atoms with Gasteiger partial charge >= 0.3 is 12.1 Å². The van der Waals surface area contributed by atoms with E-state index in [1.807, 2.05) is 6.92 Å². The smallest absolute Gasteiger partial charge is 0.416 e. The van der Waals surface area contributed by atoms with Crippen LogP contribution in [0.1, 0.15) is 25.3 Å². The molecule has 0 aliphatic carbocycles. The molecular weight excluding hydrogens is 432 g/mol. The molecule has 2 aromatic carbocycles. The second-order valence-electron chi connectivity index (χ2n) is 6.02. The number of hydrogen-bond donors (Lipinski definition) is 0. The van der Waals surface area contributed by atoms with Gasteiger partial charge in [0.05, 0.1) is 22.2 Å². The van der Waals surface area contributed by atoms with Crippen LogP contribution in [0.3, 0.4) is 0 Å². The van der Waals surface area contributed by atoms with Gasteiger partial charge in [-0.05, 0) is 30.7 Å². The van der Waals surface area contributed by atoms with E-state index in [0.717, 1.165) is 6.42 Å². The van der Waals surface area contributed by atoms with E-state index in [0.29, 0.717) is 24.3 Å². The number of carbonyl (C=O) groups excluding carboxylic acids is 1. The van der Waals surface area contributed by atoms with Crippen LogP contribution in [0, 0.1) is 0 Å². The summed E-state index contributed by atoms with van der Waals surface area (Å²) in [6.45, 7) is 1.81. The molecule has 0 aliphatic heterocycles. The van der Waals surface area contributed by atoms with E-state index in [9.17, 15) is 18.0 Å². The van der Waals surface area contributed by atoms with E-state index >= 15 is 0 Å². The summed E-state index contributed by atoms with van der Waals surface area (Å²) in [5, 5.41) is -0.662. The quantitative estimate of drug-likeness (QED) is 0.337. The summed E-state index contributed by atoms with van der Waals surface area (Å²) in [5.74, 6) is -0.441. The fourth-order valence-corrected chi connectivity index (χ4v) is 2.84. The Morgan fingerprint density at radius 2 is 1.72 bits per heavy atom. The fourth-order valence-electron chi connectivity index (χ4n) is 2.24. The van der Waals surface area contributed by atoms with E-state index in [1.165, 1.54) is 0 Å². The van der Waals surface area contributed by atoms with Gasteiger partial charge in [0, 0.05) is 0 Å². The standard InChI is InChI=1S/C20H19Cl2F3O4/c1-2-3-9-27-19(26)17(29-14-7-5-4-6-8-14)12-28-18-15(21)10-13(11-16(18)22)20(23,24)25/h4-8,10-11,17H,2-3,9,12H2,1H3. The maximum atomic E-state index is 12.9. The van der Waals surface area contributed by atoms with E-state index in [1.54, 1.807) is 30.3 Å². The molecular formula is C20H19Cl2F3O4. The van der Waals surface area contributed by atoms with Gasteiger partial charge in [-0.3, -0.25) is 0 Å². The van der Waals surface area contributed by atoms with E-state index < -0.39 is 23.8 Å². The highest BCUT2D eigenvalue weighted by Gasteiger charge is 2.32. The third-order valence-corrected chi connectivity index (χ3v) is 4.29. The summed E-state index contributed by atoms with van der Waals surface area (Å²) in [5.41, 5.74) is -1.00. The summed E-state index contributed by atoms with van der Waals surface area (Å²) >= 11 is 11.8. The molecule has 0 fully saturated rings. The van der Waals surface area contributed by atoms with Crippen LogP contribution in [0.15, 0.2) is 42.5 Å². The van der Waals surface area contributed by atoms with Gasteiger partial charge in [-0.25, -0.2) is 4.79 Å². The van der Waals surface area contributed by atoms with Gasteiger partial charge in [0.1, 0.15) is 12.4 Å². The summed E-state index contributed by atoms with van der Waals surface area (Å²) < 4.78 is 54.8. The topological polar surface area (TPSA) is 44.8 Å². The average molecular weight is 451 g/mol. The Labute approximate surface area is 176 Å². The SMILES string of the molecule is CCCCOC(=O)C(COc1c(Cl)cc(C(F)(F)F)cc1Cl)Oc1ccccc1. The lowest BCUT2D eigenvalue weighted by Crippen LogP contribution is -2.35. The molecule has 0 saturated heterocycles. The number of unbranched alkanes of at least 4 members (excludes halogenated alkanes) is 1. The molecule has 0 amide bonds. The Bertz CT molecular complexity index is 790. The van der Waals surface area contributed by atoms with Gasteiger partial charge in [-0.2, -0.15) is 13.2 Å². The zero-order valence-electron chi connectivity index (χ0n) is 15.5. The molecule has 0 spiro atoms. The van der Waals surface area contributed by atoms with Gasteiger partial charge in [0.25, 0.3) is 0 Å². The third kappa shape index (κ3) is 7.01. The van der Waals surface area contributed by atoms with Crippen molar-refractivity contribution in [2.75, 3.05) is 13.2 Å². The lowest BCUT2D eigenvalue weighted by atomic mass is 10.2. The van der Waals surface area contributed by atoms with E-state index in [2.05, 4.69) is 0 Å². The fraction of sp³-hybridized carbons (Fsp3) is 0.350. The first kappa shape index (κ1) is 23.2. The molecule has 9 heteroatoms. The van der Waals surface area contributed by atoms with Crippen LogP contribution >= 0.6 is 23.2 Å². The van der Waals surface area contributed by atoms with Gasteiger partial charge in [-0.1, -0.05) is 54.7 Å². The predicted octanol–water partition coefficient (Wildman–Crippen LogP) is 6.18. The Morgan fingerprint density at radius 3 is 2.28 bits per heavy atom. The average Bonchev–Trinajstić information content (AvgIpc) is 2.66. The maximum Gasteiger partial charge on any atom is 0.416 e. The number of ether oxygens (including phenoxy) is 3. The van der Waals surface area contributed by atoms with Crippen molar-refractivity contribution in [2.45, 2.75) is 32.0 Å². The zero-order valence-corrected chi connectivity index (χ0v) is 17.0. The molecule has 4 nitrogen and oxygen atoms in total. The Hall–Kier alpha value is -2.12. The number of halogens is 5. The maximum absolute atomic E-state index is 12.9. The molecule has 2 rings (SSSR count). The number of para-hydroxylation sites is 1. The summed E-state index contributed by atoms with van der Waals surface area (Å²) in [6, 6.07) is 9.91. The predicted molar refractivity (Wildman–Crippen MR) is 104 cm³/mol. The van der Waals surface area contributed by atoms with Crippen molar-refractivity contribution < 1.29 is 32.2 Å². The lowest BCUT2D eigenvalue weighted by molar-refractivity contribution is -0.153. The van der Waals surface area contributed by atoms with Crippen molar-refractivity contribution in [1.82, 2.24) is 0 Å². The first-order chi connectivity index (χ1) is 13.7. The van der Waals surface area contributed by atoms with Crippen LogP contribution in [0.5, 0.6) is 11.5 Å². The number of rotatable bonds is 9. The van der Waals surface area contributed by atoms with Crippen molar-refractivity contribution >= 4 is 29.2 Å². The molecule has 2 aromatic rings. The first-order valence-corrected chi connectivity index (χ1v) is 9.55. The summed E-state index contributed by atoms with van der Waals surface area (Å²) in [6.07, 6.45) is -4.25. The van der Waals surface area contributed by atoms with Crippen LogP contribution < -0.4 is 9.47 Å². The molecule has 1 unspecified atom stereocenters. The highest BCUT2D eigenvalue weighted by molar-refractivity contribution is 6.37. The number of benzene rings is 2. The molecule has 0 heterocycles. The lowest BCUT2D eigenvalue weighted by Gasteiger charge is -2.20. The molecule has 0 radical (unpaired) electrons. The monoisotopic (exact) mass is 450 g/mol. The Kier molecular flexibility index (Phi) is 8.46. The summed E-state index contributed by atoms with van der Waals surface area (Å²) in [4.78, 5) is 12.4. The first-order valence-electron chi connectivity index (χ1n) is 8.79. The molecule has 0 saturated carbocycles. The zero-order chi connectivity index (χ0) is 21.4. The molecule has 0 N–H and O–H groups in total. The van der Waals surface area contributed by atoms with Gasteiger partial charge < -0.3 is 14.2 Å². The normalized spacial score (nSPS) is 12.3. The highest BCUT2D eigenvalue weighted by atomic mass is 35.5. The molecule has 29 heavy (non-hydrogen) atoms. The van der Waals surface area contributed by atoms with E-state index in [4.69, 9.17) is 37.4 Å². The number of esters is 1. The van der Waals surface area contributed by atoms with Crippen molar-refractivity contribution in [1.29, 1.82) is 0 Å². The van der Waals surface area contributed by atoms with Crippen LogP contribution in [0.25, 0.3) is 0 Å². The molecule has 0 bridgehead atoms. The molecule has 158 valence electrons. The highest BCUT2D eigenvalue weighted by Crippen LogP contribution is 2.40. The minimum atomic E-state index is -4.60. The third-order valence-electron chi connectivity index (χ3n) is 3.73. The second kappa shape index (κ2) is 10.6. The number of alkyl halides is 3. The van der Waals surface area contributed by atoms with Crippen LogP contribution in [0.2, 0.25) is 10.0 Å². The van der Waals surface area contributed by atoms with Crippen LogP contribution in [0.4, 0.5) is 13.2 Å². The van der Waals surface area contributed by atoms with E-state index in [-0.39, 0.29) is 29.0 Å². The minimum Gasteiger partial charge on any atom is -0.486 e. The minimum absolute atomic E-state index is 0.177. The van der Waals surface area contributed by atoms with Crippen molar-refractivity contribution in [2.24, 2.45) is 0 Å². The van der Waals surface area contributed by atoms with Crippen molar-refractivity contribution in [3.05, 3.63) is 58.1 Å². The Balaban J connectivity index is 2.15.